The average molecular weight is 423 g/mol. The molecule has 1 rings (SSSR count). The van der Waals surface area contributed by atoms with Gasteiger partial charge in [-0.25, -0.2) is 0 Å². The standard InChI is InChI=1S/C24H38O6/c1-2-3-4-11-14-20(25)15-12-9-7-5-6-8-10-13-16-24(28)30-18-21-17-22(26)23(27)19-29-21/h9,12,17,19-20,25,27H,2-8,10-11,13-16,18H2,1H3/b12-9-/t20-/m1/s1. The molecule has 0 unspecified atom stereocenters. The Morgan fingerprint density at radius 3 is 2.60 bits per heavy atom. The van der Waals surface area contributed by atoms with Gasteiger partial charge >= 0.3 is 5.97 Å². The fraction of sp³-hybridized carbons (Fsp3) is 0.667. The van der Waals surface area contributed by atoms with Crippen LogP contribution in [-0.4, -0.2) is 22.3 Å². The predicted octanol–water partition coefficient (Wildman–Crippen LogP) is 5.40. The number of aliphatic hydroxyl groups excluding tert-OH is 1. The first-order chi connectivity index (χ1) is 14.5. The van der Waals surface area contributed by atoms with Crippen molar-refractivity contribution < 1.29 is 24.2 Å². The largest absolute Gasteiger partial charge is 0.502 e. The van der Waals surface area contributed by atoms with Crippen molar-refractivity contribution >= 4 is 5.97 Å². The molecule has 0 aliphatic heterocycles. The van der Waals surface area contributed by atoms with E-state index < -0.39 is 11.2 Å². The molecule has 0 aromatic carbocycles. The molecule has 2 N–H and O–H groups in total. The predicted molar refractivity (Wildman–Crippen MR) is 117 cm³/mol. The van der Waals surface area contributed by atoms with Crippen LogP contribution in [0.3, 0.4) is 0 Å². The number of rotatable bonds is 17. The minimum Gasteiger partial charge on any atom is -0.502 e. The summed E-state index contributed by atoms with van der Waals surface area (Å²) in [6.07, 6.45) is 17.9. The molecule has 0 radical (unpaired) electrons. The molecule has 0 amide bonds. The second kappa shape index (κ2) is 16.7. The number of aromatic hydroxyl groups is 1. The van der Waals surface area contributed by atoms with E-state index in [1.54, 1.807) is 0 Å². The van der Waals surface area contributed by atoms with Gasteiger partial charge in [-0.2, -0.15) is 0 Å². The molecule has 0 bridgehead atoms. The minimum absolute atomic E-state index is 0.103. The number of aliphatic hydroxyl groups is 1. The third kappa shape index (κ3) is 13.2. The van der Waals surface area contributed by atoms with Crippen LogP contribution in [0.15, 0.2) is 33.7 Å². The highest BCUT2D eigenvalue weighted by Crippen LogP contribution is 2.11. The number of hydrogen-bond acceptors (Lipinski definition) is 6. The van der Waals surface area contributed by atoms with Gasteiger partial charge in [-0.1, -0.05) is 64.0 Å². The first kappa shape index (κ1) is 26.0. The van der Waals surface area contributed by atoms with Crippen molar-refractivity contribution in [3.05, 3.63) is 40.5 Å². The van der Waals surface area contributed by atoms with E-state index in [2.05, 4.69) is 19.1 Å². The van der Waals surface area contributed by atoms with E-state index in [1.807, 2.05) is 0 Å². The van der Waals surface area contributed by atoms with Gasteiger partial charge < -0.3 is 19.4 Å². The van der Waals surface area contributed by atoms with Gasteiger partial charge in [-0.05, 0) is 32.1 Å². The molecule has 0 saturated carbocycles. The number of carbonyl (C=O) groups excluding carboxylic acids is 1. The molecule has 0 aliphatic rings. The van der Waals surface area contributed by atoms with Gasteiger partial charge in [0.15, 0.2) is 5.75 Å². The van der Waals surface area contributed by atoms with Gasteiger partial charge in [0.25, 0.3) is 0 Å². The molecular weight excluding hydrogens is 384 g/mol. The van der Waals surface area contributed by atoms with Crippen LogP contribution in [0, 0.1) is 0 Å². The normalized spacial score (nSPS) is 12.3. The van der Waals surface area contributed by atoms with Crippen molar-refractivity contribution in [3.8, 4) is 5.75 Å². The zero-order valence-corrected chi connectivity index (χ0v) is 18.3. The van der Waals surface area contributed by atoms with Crippen LogP contribution in [0.2, 0.25) is 0 Å². The van der Waals surface area contributed by atoms with Crippen molar-refractivity contribution in [3.63, 3.8) is 0 Å². The number of unbranched alkanes of at least 4 members (excludes halogenated alkanes) is 8. The third-order valence-electron chi connectivity index (χ3n) is 4.96. The van der Waals surface area contributed by atoms with Crippen LogP contribution in [0.5, 0.6) is 5.75 Å². The van der Waals surface area contributed by atoms with Crippen LogP contribution in [0.25, 0.3) is 0 Å². The summed E-state index contributed by atoms with van der Waals surface area (Å²) >= 11 is 0. The fourth-order valence-corrected chi connectivity index (χ4v) is 3.10. The summed E-state index contributed by atoms with van der Waals surface area (Å²) in [4.78, 5) is 23.0. The number of hydrogen-bond donors (Lipinski definition) is 2. The Labute approximate surface area is 180 Å². The maximum atomic E-state index is 11.7. The Hall–Kier alpha value is -2.08. The minimum atomic E-state index is -0.555. The SMILES string of the molecule is CCCCCC[C@@H](O)C/C=C\CCCCCCCC(=O)OCc1cc(=O)c(O)co1. The van der Waals surface area contributed by atoms with E-state index in [0.29, 0.717) is 6.42 Å². The second-order valence-corrected chi connectivity index (χ2v) is 7.77. The molecule has 1 heterocycles. The Morgan fingerprint density at radius 2 is 1.83 bits per heavy atom. The van der Waals surface area contributed by atoms with Crippen LogP contribution in [0.1, 0.15) is 96.2 Å². The van der Waals surface area contributed by atoms with Crippen LogP contribution in [-0.2, 0) is 16.1 Å². The molecule has 170 valence electrons. The summed E-state index contributed by atoms with van der Waals surface area (Å²) in [5.74, 6) is -0.568. The Kier molecular flexibility index (Phi) is 14.4. The van der Waals surface area contributed by atoms with E-state index >= 15 is 0 Å². The second-order valence-electron chi connectivity index (χ2n) is 7.77. The molecule has 0 saturated heterocycles. The van der Waals surface area contributed by atoms with Gasteiger partial charge in [-0.15, -0.1) is 0 Å². The third-order valence-corrected chi connectivity index (χ3v) is 4.96. The summed E-state index contributed by atoms with van der Waals surface area (Å²) in [5.41, 5.74) is -0.555. The van der Waals surface area contributed by atoms with E-state index in [1.165, 1.54) is 19.3 Å². The highest BCUT2D eigenvalue weighted by atomic mass is 16.5. The summed E-state index contributed by atoms with van der Waals surface area (Å²) in [6.45, 7) is 2.09. The van der Waals surface area contributed by atoms with Gasteiger partial charge in [-0.3, -0.25) is 9.59 Å². The lowest BCUT2D eigenvalue weighted by Crippen LogP contribution is -2.06. The van der Waals surface area contributed by atoms with Gasteiger partial charge in [0, 0.05) is 12.5 Å². The van der Waals surface area contributed by atoms with Crippen LogP contribution >= 0.6 is 0 Å². The van der Waals surface area contributed by atoms with Crippen molar-refractivity contribution in [2.45, 2.75) is 103 Å². The highest BCUT2D eigenvalue weighted by Gasteiger charge is 2.06. The number of carbonyl (C=O) groups is 1. The lowest BCUT2D eigenvalue weighted by Gasteiger charge is -2.07. The molecule has 6 nitrogen and oxygen atoms in total. The smallest absolute Gasteiger partial charge is 0.306 e. The maximum Gasteiger partial charge on any atom is 0.306 e. The van der Waals surface area contributed by atoms with Gasteiger partial charge in [0.05, 0.1) is 6.10 Å². The van der Waals surface area contributed by atoms with E-state index in [9.17, 15) is 14.7 Å². The lowest BCUT2D eigenvalue weighted by molar-refractivity contribution is -0.145. The molecule has 0 fully saturated rings. The zero-order valence-electron chi connectivity index (χ0n) is 18.3. The number of ether oxygens (including phenoxy) is 1. The lowest BCUT2D eigenvalue weighted by atomic mass is 10.1. The molecule has 1 aromatic heterocycles. The van der Waals surface area contributed by atoms with E-state index in [-0.39, 0.29) is 24.4 Å². The first-order valence-corrected chi connectivity index (χ1v) is 11.3. The summed E-state index contributed by atoms with van der Waals surface area (Å²) in [7, 11) is 0. The van der Waals surface area contributed by atoms with Crippen molar-refractivity contribution in [1.82, 2.24) is 0 Å². The molecular formula is C24H38O6. The van der Waals surface area contributed by atoms with Crippen LogP contribution < -0.4 is 5.43 Å². The van der Waals surface area contributed by atoms with Crippen LogP contribution in [0.4, 0.5) is 0 Å². The Bertz CT molecular complexity index is 664. The average Bonchev–Trinajstić information content (AvgIpc) is 2.73. The topological polar surface area (TPSA) is 97.0 Å². The number of esters is 1. The van der Waals surface area contributed by atoms with Crippen molar-refractivity contribution in [2.24, 2.45) is 0 Å². The maximum absolute atomic E-state index is 11.7. The monoisotopic (exact) mass is 422 g/mol. The summed E-state index contributed by atoms with van der Waals surface area (Å²) in [5, 5.41) is 19.0. The van der Waals surface area contributed by atoms with Gasteiger partial charge in [0.2, 0.25) is 5.43 Å². The first-order valence-electron chi connectivity index (χ1n) is 11.3. The Morgan fingerprint density at radius 1 is 1.10 bits per heavy atom. The molecule has 1 atom stereocenters. The van der Waals surface area contributed by atoms with Crippen molar-refractivity contribution in [1.29, 1.82) is 0 Å². The number of allylic oxidation sites excluding steroid dienone is 1. The molecule has 0 aliphatic carbocycles. The molecule has 0 spiro atoms. The highest BCUT2D eigenvalue weighted by molar-refractivity contribution is 5.69. The molecule has 1 aromatic rings. The van der Waals surface area contributed by atoms with Crippen molar-refractivity contribution in [2.75, 3.05) is 0 Å². The fourth-order valence-electron chi connectivity index (χ4n) is 3.10. The van der Waals surface area contributed by atoms with E-state index in [0.717, 1.165) is 70.1 Å². The van der Waals surface area contributed by atoms with Gasteiger partial charge in [0.1, 0.15) is 18.6 Å². The molecule has 6 heteroatoms. The Balaban J connectivity index is 1.94. The van der Waals surface area contributed by atoms with E-state index in [4.69, 9.17) is 14.3 Å². The summed E-state index contributed by atoms with van der Waals surface area (Å²) in [6, 6.07) is 1.12. The zero-order chi connectivity index (χ0) is 22.0. The summed E-state index contributed by atoms with van der Waals surface area (Å²) < 4.78 is 10.0. The quantitative estimate of drug-likeness (QED) is 0.198. The molecule has 30 heavy (non-hydrogen) atoms.